The molecule has 3 unspecified atom stereocenters. The number of benzene rings is 1. The molecule has 2 saturated carbocycles. The van der Waals surface area contributed by atoms with Gasteiger partial charge in [-0.2, -0.15) is 0 Å². The molecule has 1 aromatic rings. The quantitative estimate of drug-likeness (QED) is 0.669. The van der Waals surface area contributed by atoms with E-state index in [1.165, 1.54) is 19.3 Å². The van der Waals surface area contributed by atoms with E-state index in [1.807, 2.05) is 38.1 Å². The Labute approximate surface area is 157 Å². The highest BCUT2D eigenvalue weighted by molar-refractivity contribution is 14.1. The lowest BCUT2D eigenvalue weighted by Gasteiger charge is -2.29. The Hall–Kier alpha value is -0.820. The third kappa shape index (κ3) is 3.87. The lowest BCUT2D eigenvalue weighted by Crippen LogP contribution is -2.42. The Morgan fingerprint density at radius 2 is 2.04 bits per heavy atom. The Balaban J connectivity index is 1.63. The number of carbonyl (C=O) groups is 1. The number of hydrogen-bond donors (Lipinski definition) is 2. The van der Waals surface area contributed by atoms with Gasteiger partial charge in [-0.05, 0) is 71.2 Å². The van der Waals surface area contributed by atoms with Crippen LogP contribution in [0.15, 0.2) is 24.3 Å². The van der Waals surface area contributed by atoms with Crippen molar-refractivity contribution in [3.05, 3.63) is 33.4 Å². The van der Waals surface area contributed by atoms with Crippen LogP contribution in [0.4, 0.5) is 4.79 Å². The molecule has 0 aliphatic heterocycles. The minimum atomic E-state index is -0.816. The second-order valence-electron chi connectivity index (χ2n) is 7.51. The van der Waals surface area contributed by atoms with Crippen molar-refractivity contribution in [2.24, 2.45) is 17.8 Å². The van der Waals surface area contributed by atoms with Crippen molar-refractivity contribution in [1.29, 1.82) is 0 Å². The van der Waals surface area contributed by atoms with Gasteiger partial charge in [-0.25, -0.2) is 4.79 Å². The monoisotopic (exact) mass is 443 g/mol. The normalized spacial score (nSPS) is 28.0. The molecule has 1 amide bonds. The number of rotatable bonds is 5. The van der Waals surface area contributed by atoms with E-state index in [0.29, 0.717) is 5.92 Å². The van der Waals surface area contributed by atoms with Crippen LogP contribution >= 0.6 is 22.6 Å². The molecule has 5 heteroatoms. The van der Waals surface area contributed by atoms with Crippen LogP contribution in [-0.2, 0) is 4.74 Å². The molecule has 0 aromatic heterocycles. The summed E-state index contributed by atoms with van der Waals surface area (Å²) in [6.45, 7) is 3.93. The zero-order chi connectivity index (χ0) is 17.3. The number of amides is 1. The Morgan fingerprint density at radius 1 is 1.29 bits per heavy atom. The molecule has 132 valence electrons. The molecule has 2 aliphatic rings. The second kappa shape index (κ2) is 7.60. The zero-order valence-electron chi connectivity index (χ0n) is 14.2. The molecule has 0 spiro atoms. The van der Waals surface area contributed by atoms with Crippen LogP contribution in [0, 0.1) is 21.3 Å². The third-order valence-corrected chi connectivity index (χ3v) is 6.46. The summed E-state index contributed by atoms with van der Waals surface area (Å²) in [6.07, 6.45) is 3.07. The number of aliphatic hydroxyl groups is 1. The number of ether oxygens (including phenoxy) is 1. The first-order valence-electron chi connectivity index (χ1n) is 8.85. The van der Waals surface area contributed by atoms with Gasteiger partial charge in [0.2, 0.25) is 0 Å². The van der Waals surface area contributed by atoms with E-state index >= 15 is 0 Å². The van der Waals surface area contributed by atoms with Crippen LogP contribution in [0.1, 0.15) is 51.2 Å². The van der Waals surface area contributed by atoms with E-state index in [1.54, 1.807) is 0 Å². The first kappa shape index (κ1) is 18.0. The lowest BCUT2D eigenvalue weighted by atomic mass is 9.95. The fraction of sp³-hybridized carbons (Fsp3) is 0.632. The van der Waals surface area contributed by atoms with E-state index in [9.17, 15) is 9.90 Å². The third-order valence-electron chi connectivity index (χ3n) is 5.48. The van der Waals surface area contributed by atoms with Gasteiger partial charge in [-0.15, -0.1) is 0 Å². The van der Waals surface area contributed by atoms with Crippen molar-refractivity contribution < 1.29 is 14.6 Å². The van der Waals surface area contributed by atoms with Gasteiger partial charge in [0.25, 0.3) is 0 Å². The first-order valence-corrected chi connectivity index (χ1v) is 9.93. The van der Waals surface area contributed by atoms with Crippen molar-refractivity contribution >= 4 is 28.7 Å². The fourth-order valence-electron chi connectivity index (χ4n) is 4.19. The maximum atomic E-state index is 12.4. The van der Waals surface area contributed by atoms with Gasteiger partial charge in [0.15, 0.2) is 0 Å². The molecular weight excluding hydrogens is 417 g/mol. The van der Waals surface area contributed by atoms with E-state index in [4.69, 9.17) is 4.74 Å². The number of hydrogen-bond acceptors (Lipinski definition) is 3. The van der Waals surface area contributed by atoms with Crippen molar-refractivity contribution in [2.75, 3.05) is 0 Å². The summed E-state index contributed by atoms with van der Waals surface area (Å²) in [5, 5.41) is 13.8. The van der Waals surface area contributed by atoms with Crippen LogP contribution in [-0.4, -0.2) is 23.3 Å². The molecule has 5 atom stereocenters. The summed E-state index contributed by atoms with van der Waals surface area (Å²) in [7, 11) is 0. The van der Waals surface area contributed by atoms with Crippen LogP contribution < -0.4 is 5.32 Å². The van der Waals surface area contributed by atoms with Gasteiger partial charge in [0.05, 0.1) is 0 Å². The highest BCUT2D eigenvalue weighted by Crippen LogP contribution is 2.44. The van der Waals surface area contributed by atoms with Gasteiger partial charge < -0.3 is 15.2 Å². The van der Waals surface area contributed by atoms with Crippen LogP contribution in [0.3, 0.4) is 0 Å². The molecule has 24 heavy (non-hydrogen) atoms. The standard InChI is InChI=1S/C19H26INO3/c1-11(2)18(17(22)14-5-3-4-6-15(14)20)24-19(23)21-16-10-12-7-8-13(16)9-12/h3-6,11-13,16-18,22H,7-10H2,1-2H3,(H,21,23)/t12?,13?,16?,17-,18-/m0/s1. The predicted molar refractivity (Wildman–Crippen MR) is 102 cm³/mol. The molecule has 2 bridgehead atoms. The average Bonchev–Trinajstić information content (AvgIpc) is 3.15. The summed E-state index contributed by atoms with van der Waals surface area (Å²) < 4.78 is 6.63. The van der Waals surface area contributed by atoms with E-state index in [-0.39, 0.29) is 12.0 Å². The summed E-state index contributed by atoms with van der Waals surface area (Å²) in [5.74, 6) is 1.42. The number of fused-ring (bicyclic) bond motifs is 2. The average molecular weight is 443 g/mol. The SMILES string of the molecule is CC(C)[C@H](OC(=O)NC1CC2CCC1C2)[C@@H](O)c1ccccc1I. The smallest absolute Gasteiger partial charge is 0.407 e. The minimum Gasteiger partial charge on any atom is -0.443 e. The molecule has 2 fully saturated rings. The van der Waals surface area contributed by atoms with Crippen LogP contribution in [0.25, 0.3) is 0 Å². The molecule has 3 rings (SSSR count). The molecule has 2 aliphatic carbocycles. The fourth-order valence-corrected chi connectivity index (χ4v) is 4.89. The van der Waals surface area contributed by atoms with Crippen LogP contribution in [0.2, 0.25) is 0 Å². The number of aliphatic hydroxyl groups excluding tert-OH is 1. The number of nitrogens with one attached hydrogen (secondary N) is 1. The first-order chi connectivity index (χ1) is 11.5. The van der Waals surface area contributed by atoms with Gasteiger partial charge in [0.1, 0.15) is 12.2 Å². The number of halogens is 1. The van der Waals surface area contributed by atoms with Gasteiger partial charge in [-0.3, -0.25) is 0 Å². The van der Waals surface area contributed by atoms with Gasteiger partial charge in [0, 0.05) is 9.61 Å². The zero-order valence-corrected chi connectivity index (χ0v) is 16.4. The largest absolute Gasteiger partial charge is 0.443 e. The predicted octanol–water partition coefficient (Wildman–Crippen LogP) is 4.26. The molecule has 0 heterocycles. The van der Waals surface area contributed by atoms with Crippen molar-refractivity contribution in [3.8, 4) is 0 Å². The van der Waals surface area contributed by atoms with E-state index in [2.05, 4.69) is 27.9 Å². The Kier molecular flexibility index (Phi) is 5.70. The summed E-state index contributed by atoms with van der Waals surface area (Å²) in [6, 6.07) is 7.92. The molecule has 0 radical (unpaired) electrons. The molecule has 2 N–H and O–H groups in total. The second-order valence-corrected chi connectivity index (χ2v) is 8.67. The van der Waals surface area contributed by atoms with Gasteiger partial charge in [-0.1, -0.05) is 38.5 Å². The molecular formula is C19H26INO3. The Morgan fingerprint density at radius 3 is 2.62 bits per heavy atom. The lowest BCUT2D eigenvalue weighted by molar-refractivity contribution is -0.0247. The van der Waals surface area contributed by atoms with Crippen LogP contribution in [0.5, 0.6) is 0 Å². The highest BCUT2D eigenvalue weighted by Gasteiger charge is 2.41. The van der Waals surface area contributed by atoms with Gasteiger partial charge >= 0.3 is 6.09 Å². The summed E-state index contributed by atoms with van der Waals surface area (Å²) >= 11 is 2.20. The highest BCUT2D eigenvalue weighted by atomic mass is 127. The maximum Gasteiger partial charge on any atom is 0.407 e. The van der Waals surface area contributed by atoms with Crippen molar-refractivity contribution in [2.45, 2.75) is 57.8 Å². The maximum absolute atomic E-state index is 12.4. The summed E-state index contributed by atoms with van der Waals surface area (Å²) in [5.41, 5.74) is 0.810. The van der Waals surface area contributed by atoms with Crippen molar-refractivity contribution in [3.63, 3.8) is 0 Å². The molecule has 4 nitrogen and oxygen atoms in total. The summed E-state index contributed by atoms with van der Waals surface area (Å²) in [4.78, 5) is 12.4. The number of alkyl carbamates (subject to hydrolysis) is 1. The molecule has 0 saturated heterocycles. The van der Waals surface area contributed by atoms with E-state index in [0.717, 1.165) is 21.5 Å². The molecule has 1 aromatic carbocycles. The Bertz CT molecular complexity index is 592. The van der Waals surface area contributed by atoms with Crippen molar-refractivity contribution in [1.82, 2.24) is 5.32 Å². The minimum absolute atomic E-state index is 0.0294. The topological polar surface area (TPSA) is 58.6 Å². The van der Waals surface area contributed by atoms with E-state index < -0.39 is 18.3 Å². The number of carbonyl (C=O) groups excluding carboxylic acids is 1.